The number of aromatic nitrogens is 3. The van der Waals surface area contributed by atoms with Crippen LogP contribution in [-0.4, -0.2) is 20.7 Å². The van der Waals surface area contributed by atoms with Gasteiger partial charge in [0.2, 0.25) is 5.95 Å². The highest BCUT2D eigenvalue weighted by atomic mass is 19.4. The molecule has 0 spiro atoms. The van der Waals surface area contributed by atoms with Crippen molar-refractivity contribution in [2.24, 2.45) is 0 Å². The Bertz CT molecular complexity index is 599. The van der Waals surface area contributed by atoms with Crippen LogP contribution >= 0.6 is 0 Å². The lowest BCUT2D eigenvalue weighted by Crippen LogP contribution is -2.17. The Balaban J connectivity index is 2.44. The number of carbonyl (C=O) groups excluding carboxylic acids is 1. The highest BCUT2D eigenvalue weighted by Gasteiger charge is 2.37. The minimum Gasteiger partial charge on any atom is -0.469 e. The largest absolute Gasteiger partial charge is 0.469 e. The van der Waals surface area contributed by atoms with Gasteiger partial charge in [0.25, 0.3) is 11.7 Å². The number of furan rings is 1. The Morgan fingerprint density at radius 1 is 1.50 bits per heavy atom. The molecule has 18 heavy (non-hydrogen) atoms. The molecular formula is C9H7F3N4O2. The van der Waals surface area contributed by atoms with E-state index in [2.05, 4.69) is 10.1 Å². The molecule has 0 atom stereocenters. The normalized spacial score (nSPS) is 11.8. The third-order valence-electron chi connectivity index (χ3n) is 2.17. The molecule has 0 fully saturated rings. The maximum Gasteiger partial charge on any atom is 0.453 e. The third kappa shape index (κ3) is 1.94. The Hall–Kier alpha value is -2.32. The Kier molecular flexibility index (Phi) is 2.60. The molecule has 9 heteroatoms. The van der Waals surface area contributed by atoms with Gasteiger partial charge in [0.05, 0.1) is 11.8 Å². The second kappa shape index (κ2) is 3.86. The summed E-state index contributed by atoms with van der Waals surface area (Å²) in [5, 5.41) is 3.04. The van der Waals surface area contributed by atoms with Crippen LogP contribution in [0.15, 0.2) is 16.7 Å². The van der Waals surface area contributed by atoms with Crippen LogP contribution < -0.4 is 5.73 Å². The molecule has 0 aliphatic heterocycles. The monoisotopic (exact) mass is 260 g/mol. The van der Waals surface area contributed by atoms with Crippen molar-refractivity contribution in [2.75, 3.05) is 5.73 Å². The average molecular weight is 260 g/mol. The van der Waals surface area contributed by atoms with Crippen molar-refractivity contribution in [3.63, 3.8) is 0 Å². The Morgan fingerprint density at radius 3 is 2.61 bits per heavy atom. The third-order valence-corrected chi connectivity index (χ3v) is 2.17. The van der Waals surface area contributed by atoms with Crippen molar-refractivity contribution in [2.45, 2.75) is 13.1 Å². The predicted molar refractivity (Wildman–Crippen MR) is 52.6 cm³/mol. The van der Waals surface area contributed by atoms with Crippen LogP contribution in [-0.2, 0) is 6.18 Å². The highest BCUT2D eigenvalue weighted by molar-refractivity contribution is 5.97. The summed E-state index contributed by atoms with van der Waals surface area (Å²) in [6.45, 7) is 1.49. The first-order chi connectivity index (χ1) is 8.30. The molecule has 2 aromatic rings. The fourth-order valence-corrected chi connectivity index (χ4v) is 1.31. The molecule has 2 heterocycles. The molecule has 0 aromatic carbocycles. The van der Waals surface area contributed by atoms with E-state index in [9.17, 15) is 18.0 Å². The fourth-order valence-electron chi connectivity index (χ4n) is 1.31. The molecule has 2 aromatic heterocycles. The molecule has 2 N–H and O–H groups in total. The first kappa shape index (κ1) is 12.1. The zero-order chi connectivity index (χ0) is 13.5. The Labute approximate surface area is 98.2 Å². The summed E-state index contributed by atoms with van der Waals surface area (Å²) in [7, 11) is 0. The Morgan fingerprint density at radius 2 is 2.17 bits per heavy atom. The fraction of sp³-hybridized carbons (Fsp3) is 0.222. The topological polar surface area (TPSA) is 86.9 Å². The summed E-state index contributed by atoms with van der Waals surface area (Å²) in [6, 6.07) is 1.31. The molecule has 0 saturated heterocycles. The van der Waals surface area contributed by atoms with Crippen LogP contribution in [0.2, 0.25) is 0 Å². The standard InChI is InChI=1S/C9H7F3N4O2/c1-4-5(2-3-18-4)6(17)16-8(13)14-7(15-16)9(10,11)12/h2-3H,1H3,(H2,13,14,15). The summed E-state index contributed by atoms with van der Waals surface area (Å²) in [4.78, 5) is 14.8. The van der Waals surface area contributed by atoms with E-state index in [1.807, 2.05) is 0 Å². The van der Waals surface area contributed by atoms with Gasteiger partial charge in [-0.05, 0) is 13.0 Å². The molecule has 6 nitrogen and oxygen atoms in total. The number of hydrogen-bond acceptors (Lipinski definition) is 5. The lowest BCUT2D eigenvalue weighted by Gasteiger charge is -2.00. The van der Waals surface area contributed by atoms with Crippen LogP contribution in [0.25, 0.3) is 0 Å². The van der Waals surface area contributed by atoms with Crippen molar-refractivity contribution in [1.29, 1.82) is 0 Å². The number of halogens is 3. The zero-order valence-electron chi connectivity index (χ0n) is 9.02. The number of nitrogens with two attached hydrogens (primary N) is 1. The summed E-state index contributed by atoms with van der Waals surface area (Å²) in [5.74, 6) is -2.67. The molecule has 0 aliphatic rings. The number of nitrogen functional groups attached to an aromatic ring is 1. The van der Waals surface area contributed by atoms with E-state index >= 15 is 0 Å². The molecule has 0 saturated carbocycles. The molecule has 0 radical (unpaired) electrons. The van der Waals surface area contributed by atoms with Crippen molar-refractivity contribution >= 4 is 11.9 Å². The van der Waals surface area contributed by atoms with Gasteiger partial charge < -0.3 is 10.2 Å². The number of rotatable bonds is 1. The van der Waals surface area contributed by atoms with E-state index < -0.39 is 23.9 Å². The minimum absolute atomic E-state index is 0.0697. The van der Waals surface area contributed by atoms with E-state index in [1.54, 1.807) is 0 Å². The van der Waals surface area contributed by atoms with Crippen LogP contribution in [0.4, 0.5) is 19.1 Å². The molecule has 0 bridgehead atoms. The van der Waals surface area contributed by atoms with Crippen molar-refractivity contribution in [3.8, 4) is 0 Å². The summed E-state index contributed by atoms with van der Waals surface area (Å²) < 4.78 is 42.3. The van der Waals surface area contributed by atoms with Crippen LogP contribution in [0.3, 0.4) is 0 Å². The number of aryl methyl sites for hydroxylation is 1. The number of alkyl halides is 3. The van der Waals surface area contributed by atoms with Crippen molar-refractivity contribution in [1.82, 2.24) is 14.8 Å². The second-order valence-electron chi connectivity index (χ2n) is 3.40. The van der Waals surface area contributed by atoms with Gasteiger partial charge in [0.1, 0.15) is 5.76 Å². The van der Waals surface area contributed by atoms with E-state index in [0.717, 1.165) is 0 Å². The van der Waals surface area contributed by atoms with E-state index in [4.69, 9.17) is 10.2 Å². The van der Waals surface area contributed by atoms with Crippen LogP contribution in [0.5, 0.6) is 0 Å². The van der Waals surface area contributed by atoms with Gasteiger partial charge in [-0.2, -0.15) is 22.8 Å². The molecule has 0 unspecified atom stereocenters. The van der Waals surface area contributed by atoms with Crippen LogP contribution in [0.1, 0.15) is 21.9 Å². The maximum absolute atomic E-state index is 12.3. The van der Waals surface area contributed by atoms with Gasteiger partial charge >= 0.3 is 6.18 Å². The van der Waals surface area contributed by atoms with Gasteiger partial charge in [-0.15, -0.1) is 5.10 Å². The quantitative estimate of drug-likeness (QED) is 0.838. The smallest absolute Gasteiger partial charge is 0.453 e. The lowest BCUT2D eigenvalue weighted by atomic mass is 10.2. The summed E-state index contributed by atoms with van der Waals surface area (Å²) >= 11 is 0. The summed E-state index contributed by atoms with van der Waals surface area (Å²) in [5.41, 5.74) is 5.30. The number of anilines is 1. The molecule has 2 rings (SSSR count). The first-order valence-electron chi connectivity index (χ1n) is 4.69. The predicted octanol–water partition coefficient (Wildman–Crippen LogP) is 1.47. The van der Waals surface area contributed by atoms with Crippen LogP contribution in [0, 0.1) is 6.92 Å². The maximum atomic E-state index is 12.3. The van der Waals surface area contributed by atoms with E-state index in [0.29, 0.717) is 4.68 Å². The van der Waals surface area contributed by atoms with Gasteiger partial charge in [-0.25, -0.2) is 0 Å². The van der Waals surface area contributed by atoms with Crippen molar-refractivity contribution < 1.29 is 22.4 Å². The number of hydrogen-bond donors (Lipinski definition) is 1. The first-order valence-corrected chi connectivity index (χ1v) is 4.69. The molecule has 0 aliphatic carbocycles. The van der Waals surface area contributed by atoms with E-state index in [-0.39, 0.29) is 11.3 Å². The van der Waals surface area contributed by atoms with Gasteiger partial charge in [-0.1, -0.05) is 0 Å². The van der Waals surface area contributed by atoms with Gasteiger partial charge in [-0.3, -0.25) is 4.79 Å². The van der Waals surface area contributed by atoms with Crippen molar-refractivity contribution in [3.05, 3.63) is 29.5 Å². The van der Waals surface area contributed by atoms with E-state index in [1.165, 1.54) is 19.3 Å². The highest BCUT2D eigenvalue weighted by Crippen LogP contribution is 2.27. The van der Waals surface area contributed by atoms with Gasteiger partial charge in [0.15, 0.2) is 0 Å². The zero-order valence-corrected chi connectivity index (χ0v) is 9.02. The average Bonchev–Trinajstić information content (AvgIpc) is 2.82. The van der Waals surface area contributed by atoms with Gasteiger partial charge in [0, 0.05) is 0 Å². The number of nitrogens with zero attached hydrogens (tertiary/aromatic N) is 3. The minimum atomic E-state index is -4.76. The molecule has 0 amide bonds. The molecular weight excluding hydrogens is 253 g/mol. The second-order valence-corrected chi connectivity index (χ2v) is 3.40. The summed E-state index contributed by atoms with van der Waals surface area (Å²) in [6.07, 6.45) is -3.52. The molecule has 96 valence electrons. The number of carbonyl (C=O) groups is 1. The lowest BCUT2D eigenvalue weighted by molar-refractivity contribution is -0.144. The SMILES string of the molecule is Cc1occc1C(=O)n1nc(C(F)(F)F)nc1N.